The van der Waals surface area contributed by atoms with E-state index in [1.807, 2.05) is 0 Å². The number of ether oxygens (including phenoxy) is 1. The molecule has 8 nitrogen and oxygen atoms in total. The van der Waals surface area contributed by atoms with E-state index in [4.69, 9.17) is 4.74 Å². The zero-order chi connectivity index (χ0) is 26.8. The highest BCUT2D eigenvalue weighted by Gasteiger charge is 2.34. The summed E-state index contributed by atoms with van der Waals surface area (Å²) in [6, 6.07) is 7.02. The van der Waals surface area contributed by atoms with Gasteiger partial charge in [0.05, 0.1) is 29.6 Å². The van der Waals surface area contributed by atoms with E-state index in [2.05, 4.69) is 4.90 Å². The molecular weight excluding hydrogens is 502 g/mol. The Labute approximate surface area is 228 Å². The highest BCUT2D eigenvalue weighted by Crippen LogP contribution is 2.27. The first kappa shape index (κ1) is 29.2. The molecule has 1 aromatic carbocycles. The number of hydrogen-bond donors (Lipinski definition) is 0. The van der Waals surface area contributed by atoms with Crippen LogP contribution in [0.15, 0.2) is 24.3 Å². The van der Waals surface area contributed by atoms with Crippen LogP contribution in [0.5, 0.6) is 0 Å². The first-order chi connectivity index (χ1) is 18.5. The van der Waals surface area contributed by atoms with Crippen molar-refractivity contribution in [2.24, 2.45) is 0 Å². The number of fused-ring (bicyclic) bond motifs is 1. The molecule has 9 heteroatoms. The molecule has 0 spiro atoms. The second kappa shape index (κ2) is 14.5. The van der Waals surface area contributed by atoms with Crippen molar-refractivity contribution in [2.45, 2.75) is 82.3 Å². The highest BCUT2D eigenvalue weighted by molar-refractivity contribution is 7.89. The van der Waals surface area contributed by atoms with Gasteiger partial charge in [-0.25, -0.2) is 12.7 Å². The molecule has 212 valence electrons. The molecule has 3 aliphatic rings. The van der Waals surface area contributed by atoms with E-state index < -0.39 is 10.0 Å². The molecule has 0 radical (unpaired) electrons. The second-order valence-corrected chi connectivity index (χ2v) is 13.2. The molecule has 0 unspecified atom stereocenters. The van der Waals surface area contributed by atoms with E-state index in [1.54, 1.807) is 28.6 Å². The largest absolute Gasteiger partial charge is 0.379 e. The Morgan fingerprint density at radius 2 is 1.34 bits per heavy atom. The van der Waals surface area contributed by atoms with Gasteiger partial charge in [0.25, 0.3) is 11.8 Å². The second-order valence-electron chi connectivity index (χ2n) is 10.9. The Balaban J connectivity index is 1.15. The average Bonchev–Trinajstić information content (AvgIpc) is 3.19. The molecule has 0 N–H and O–H groups in total. The van der Waals surface area contributed by atoms with E-state index in [-0.39, 0.29) is 17.1 Å². The monoisotopic (exact) mass is 547 g/mol. The number of unbranched alkanes of at least 4 members (excludes halogenated alkanes) is 5. The fourth-order valence-electron chi connectivity index (χ4n) is 5.94. The minimum Gasteiger partial charge on any atom is -0.379 e. The van der Waals surface area contributed by atoms with Gasteiger partial charge < -0.3 is 4.74 Å². The van der Waals surface area contributed by atoms with Gasteiger partial charge in [0, 0.05) is 32.7 Å². The summed E-state index contributed by atoms with van der Waals surface area (Å²) in [6.07, 6.45) is 11.3. The van der Waals surface area contributed by atoms with Crippen LogP contribution in [0, 0.1) is 0 Å². The Kier molecular flexibility index (Phi) is 11.2. The highest BCUT2D eigenvalue weighted by atomic mass is 32.2. The number of sulfonamides is 1. The Bertz CT molecular complexity index is 984. The molecule has 2 amide bonds. The van der Waals surface area contributed by atoms with Crippen LogP contribution in [0.3, 0.4) is 0 Å². The number of nitrogens with zero attached hydrogens (tertiary/aromatic N) is 3. The lowest BCUT2D eigenvalue weighted by Crippen LogP contribution is -2.42. The Morgan fingerprint density at radius 3 is 2.00 bits per heavy atom. The minimum atomic E-state index is -3.25. The lowest BCUT2D eigenvalue weighted by Gasteiger charge is -2.31. The molecule has 4 rings (SSSR count). The van der Waals surface area contributed by atoms with Crippen LogP contribution in [0.4, 0.5) is 0 Å². The smallest absolute Gasteiger partial charge is 0.261 e. The molecule has 0 aromatic heterocycles. The lowest BCUT2D eigenvalue weighted by atomic mass is 10.0. The Morgan fingerprint density at radius 1 is 0.763 bits per heavy atom. The van der Waals surface area contributed by atoms with Gasteiger partial charge in [0.1, 0.15) is 0 Å². The van der Waals surface area contributed by atoms with Crippen LogP contribution in [-0.2, 0) is 14.8 Å². The number of amides is 2. The van der Waals surface area contributed by atoms with Gasteiger partial charge in [0.2, 0.25) is 10.0 Å². The summed E-state index contributed by atoms with van der Waals surface area (Å²) in [6.45, 7) is 6.00. The number of morpholine rings is 1. The summed E-state index contributed by atoms with van der Waals surface area (Å²) >= 11 is 0. The lowest BCUT2D eigenvalue weighted by molar-refractivity contribution is 0.0369. The maximum atomic E-state index is 13.5. The van der Waals surface area contributed by atoms with Gasteiger partial charge in [-0.15, -0.1) is 0 Å². The Hall–Kier alpha value is -1.81. The third kappa shape index (κ3) is 7.64. The normalized spacial score (nSPS) is 19.4. The molecule has 1 aliphatic carbocycles. The summed E-state index contributed by atoms with van der Waals surface area (Å²) in [4.78, 5) is 28.7. The van der Waals surface area contributed by atoms with E-state index >= 15 is 0 Å². The SMILES string of the molecule is O=C1c2ccccc2C(=O)N1CCCCCCCCN(CCCN1CCOCC1)S(=O)(=O)C1CCCCC1. The number of imide groups is 1. The third-order valence-electron chi connectivity index (χ3n) is 8.24. The topological polar surface area (TPSA) is 87.2 Å². The zero-order valence-electron chi connectivity index (χ0n) is 22.8. The van der Waals surface area contributed by atoms with Gasteiger partial charge in [-0.3, -0.25) is 19.4 Å². The maximum Gasteiger partial charge on any atom is 0.261 e. The fourth-order valence-corrected chi connectivity index (χ4v) is 8.06. The summed E-state index contributed by atoms with van der Waals surface area (Å²) < 4.78 is 34.2. The summed E-state index contributed by atoms with van der Waals surface area (Å²) in [5.74, 6) is -0.364. The summed E-state index contributed by atoms with van der Waals surface area (Å²) in [5, 5.41) is -0.207. The number of carbonyl (C=O) groups is 2. The average molecular weight is 548 g/mol. The van der Waals surface area contributed by atoms with Crippen molar-refractivity contribution in [1.82, 2.24) is 14.1 Å². The number of benzene rings is 1. The van der Waals surface area contributed by atoms with Crippen molar-refractivity contribution in [1.29, 1.82) is 0 Å². The molecular formula is C29H45N3O5S. The molecule has 1 saturated heterocycles. The van der Waals surface area contributed by atoms with Crippen LogP contribution < -0.4 is 0 Å². The summed E-state index contributed by atoms with van der Waals surface area (Å²) in [5.41, 5.74) is 1.02. The molecule has 2 heterocycles. The first-order valence-electron chi connectivity index (χ1n) is 14.7. The fraction of sp³-hybridized carbons (Fsp3) is 0.724. The van der Waals surface area contributed by atoms with Crippen molar-refractivity contribution < 1.29 is 22.7 Å². The first-order valence-corrected chi connectivity index (χ1v) is 16.2. The van der Waals surface area contributed by atoms with Crippen molar-refractivity contribution in [3.63, 3.8) is 0 Å². The van der Waals surface area contributed by atoms with Crippen LogP contribution in [-0.4, -0.2) is 92.1 Å². The van der Waals surface area contributed by atoms with Gasteiger partial charge in [-0.05, 0) is 50.8 Å². The molecule has 0 atom stereocenters. The molecule has 1 aromatic rings. The van der Waals surface area contributed by atoms with Gasteiger partial charge in [0.15, 0.2) is 0 Å². The van der Waals surface area contributed by atoms with Crippen molar-refractivity contribution in [2.75, 3.05) is 52.5 Å². The molecule has 2 fully saturated rings. The predicted octanol–water partition coefficient (Wildman–Crippen LogP) is 4.31. The number of rotatable bonds is 15. The van der Waals surface area contributed by atoms with Crippen molar-refractivity contribution in [3.05, 3.63) is 35.4 Å². The van der Waals surface area contributed by atoms with Crippen LogP contribution >= 0.6 is 0 Å². The number of carbonyl (C=O) groups excluding carboxylic acids is 2. The summed E-state index contributed by atoms with van der Waals surface area (Å²) in [7, 11) is -3.25. The van der Waals surface area contributed by atoms with E-state index in [1.165, 1.54) is 4.90 Å². The zero-order valence-corrected chi connectivity index (χ0v) is 23.6. The van der Waals surface area contributed by atoms with E-state index in [0.29, 0.717) is 30.8 Å². The van der Waals surface area contributed by atoms with Gasteiger partial charge in [-0.1, -0.05) is 57.1 Å². The molecule has 38 heavy (non-hydrogen) atoms. The molecule has 0 bridgehead atoms. The van der Waals surface area contributed by atoms with Gasteiger partial charge >= 0.3 is 0 Å². The van der Waals surface area contributed by atoms with Crippen LogP contribution in [0.2, 0.25) is 0 Å². The number of hydrogen-bond acceptors (Lipinski definition) is 6. The quantitative estimate of drug-likeness (QED) is 0.240. The maximum absolute atomic E-state index is 13.5. The molecule has 2 aliphatic heterocycles. The van der Waals surface area contributed by atoms with Crippen LogP contribution in [0.25, 0.3) is 0 Å². The standard InChI is InChI=1S/C29H45N3O5S/c33-28-26-15-8-9-16-27(26)29(34)32(28)20-11-4-2-1-3-10-18-31(19-12-17-30-21-23-37-24-22-30)38(35,36)25-13-6-5-7-14-25/h8-9,15-16,25H,1-7,10-14,17-24H2. The predicted molar refractivity (Wildman–Crippen MR) is 149 cm³/mol. The van der Waals surface area contributed by atoms with Crippen molar-refractivity contribution >= 4 is 21.8 Å². The molecule has 1 saturated carbocycles. The van der Waals surface area contributed by atoms with E-state index in [0.717, 1.165) is 110 Å². The minimum absolute atomic E-state index is 0.182. The van der Waals surface area contributed by atoms with Crippen LogP contribution in [0.1, 0.15) is 97.8 Å². The van der Waals surface area contributed by atoms with E-state index in [9.17, 15) is 18.0 Å². The third-order valence-corrected chi connectivity index (χ3v) is 10.6. The van der Waals surface area contributed by atoms with Gasteiger partial charge in [-0.2, -0.15) is 0 Å². The van der Waals surface area contributed by atoms with Crippen molar-refractivity contribution in [3.8, 4) is 0 Å².